The van der Waals surface area contributed by atoms with Crippen molar-refractivity contribution in [1.82, 2.24) is 0 Å². The van der Waals surface area contributed by atoms with Crippen LogP contribution in [0.25, 0.3) is 0 Å². The molecule has 0 saturated carbocycles. The summed E-state index contributed by atoms with van der Waals surface area (Å²) in [4.78, 5) is 0. The molecule has 4 heteroatoms. The number of hydrogen-bond acceptors (Lipinski definition) is 3. The standard InChI is InChI=1S/C14H31O3P/c1-8-18(15,16-13(6)9-11(2)3)17-14(7)10-12(4)5/h11-14H,8-10H2,1-7H3. The van der Waals surface area contributed by atoms with Crippen LogP contribution in [-0.4, -0.2) is 18.4 Å². The molecule has 110 valence electrons. The van der Waals surface area contributed by atoms with Gasteiger partial charge < -0.3 is 9.05 Å². The van der Waals surface area contributed by atoms with Crippen molar-refractivity contribution in [2.45, 2.75) is 73.5 Å². The minimum Gasteiger partial charge on any atom is -0.306 e. The Bertz CT molecular complexity index is 242. The summed E-state index contributed by atoms with van der Waals surface area (Å²) in [5.74, 6) is 1.08. The lowest BCUT2D eigenvalue weighted by molar-refractivity contribution is 0.109. The molecular weight excluding hydrogens is 247 g/mol. The maximum atomic E-state index is 12.5. The van der Waals surface area contributed by atoms with Gasteiger partial charge in [-0.05, 0) is 38.5 Å². The van der Waals surface area contributed by atoms with Gasteiger partial charge in [0.15, 0.2) is 0 Å². The SMILES string of the molecule is CCP(=O)(OC(C)CC(C)C)OC(C)CC(C)C. The normalized spacial score (nSPS) is 18.9. The van der Waals surface area contributed by atoms with Gasteiger partial charge in [-0.1, -0.05) is 34.6 Å². The molecular formula is C14H31O3P. The first kappa shape index (κ1) is 18.1. The zero-order valence-corrected chi connectivity index (χ0v) is 14.0. The van der Waals surface area contributed by atoms with E-state index in [2.05, 4.69) is 27.7 Å². The summed E-state index contributed by atoms with van der Waals surface area (Å²) in [5.41, 5.74) is 0. The van der Waals surface area contributed by atoms with Crippen LogP contribution in [0.4, 0.5) is 0 Å². The predicted octanol–water partition coefficient (Wildman–Crippen LogP) is 5.10. The second kappa shape index (κ2) is 8.35. The van der Waals surface area contributed by atoms with Gasteiger partial charge >= 0.3 is 7.60 Å². The van der Waals surface area contributed by atoms with Crippen molar-refractivity contribution in [2.24, 2.45) is 11.8 Å². The summed E-state index contributed by atoms with van der Waals surface area (Å²) >= 11 is 0. The van der Waals surface area contributed by atoms with Gasteiger partial charge in [0.1, 0.15) is 0 Å². The van der Waals surface area contributed by atoms with Gasteiger partial charge in [0.2, 0.25) is 0 Å². The van der Waals surface area contributed by atoms with Crippen LogP contribution >= 0.6 is 7.60 Å². The Hall–Kier alpha value is 0.150. The van der Waals surface area contributed by atoms with E-state index >= 15 is 0 Å². The molecule has 2 unspecified atom stereocenters. The summed E-state index contributed by atoms with van der Waals surface area (Å²) in [6, 6.07) is 0. The quantitative estimate of drug-likeness (QED) is 0.550. The molecule has 0 aliphatic carbocycles. The lowest BCUT2D eigenvalue weighted by atomic mass is 10.1. The first-order valence-electron chi connectivity index (χ1n) is 7.14. The summed E-state index contributed by atoms with van der Waals surface area (Å²) in [6.45, 7) is 14.4. The molecule has 0 aliphatic rings. The molecule has 2 atom stereocenters. The molecule has 0 rings (SSSR count). The van der Waals surface area contributed by atoms with Crippen molar-refractivity contribution in [3.63, 3.8) is 0 Å². The Kier molecular flexibility index (Phi) is 8.42. The van der Waals surface area contributed by atoms with E-state index in [1.807, 2.05) is 20.8 Å². The van der Waals surface area contributed by atoms with E-state index < -0.39 is 7.60 Å². The van der Waals surface area contributed by atoms with Gasteiger partial charge in [-0.25, -0.2) is 0 Å². The molecule has 0 bridgehead atoms. The molecule has 0 amide bonds. The summed E-state index contributed by atoms with van der Waals surface area (Å²) < 4.78 is 23.9. The van der Waals surface area contributed by atoms with E-state index in [9.17, 15) is 4.57 Å². The van der Waals surface area contributed by atoms with Gasteiger partial charge in [-0.2, -0.15) is 0 Å². The van der Waals surface area contributed by atoms with E-state index in [0.29, 0.717) is 18.0 Å². The molecule has 0 aliphatic heterocycles. The van der Waals surface area contributed by atoms with Gasteiger partial charge in [-0.3, -0.25) is 4.57 Å². The Morgan fingerprint density at radius 2 is 1.17 bits per heavy atom. The van der Waals surface area contributed by atoms with Gasteiger partial charge in [-0.15, -0.1) is 0 Å². The summed E-state index contributed by atoms with van der Waals surface area (Å²) in [7, 11) is -2.92. The van der Waals surface area contributed by atoms with E-state index in [4.69, 9.17) is 9.05 Å². The van der Waals surface area contributed by atoms with Crippen molar-refractivity contribution in [3.05, 3.63) is 0 Å². The van der Waals surface area contributed by atoms with E-state index in [-0.39, 0.29) is 12.2 Å². The van der Waals surface area contributed by atoms with Crippen LogP contribution < -0.4 is 0 Å². The van der Waals surface area contributed by atoms with Crippen LogP contribution in [0.1, 0.15) is 61.3 Å². The third kappa shape index (κ3) is 8.29. The highest BCUT2D eigenvalue weighted by Gasteiger charge is 2.28. The van der Waals surface area contributed by atoms with Crippen molar-refractivity contribution in [3.8, 4) is 0 Å². The average Bonchev–Trinajstić information content (AvgIpc) is 2.13. The molecule has 0 fully saturated rings. The van der Waals surface area contributed by atoms with Crippen LogP contribution in [0, 0.1) is 11.8 Å². The van der Waals surface area contributed by atoms with Crippen LogP contribution in [0.3, 0.4) is 0 Å². The van der Waals surface area contributed by atoms with Crippen LogP contribution in [0.15, 0.2) is 0 Å². The molecule has 18 heavy (non-hydrogen) atoms. The molecule has 0 radical (unpaired) electrons. The molecule has 3 nitrogen and oxygen atoms in total. The Balaban J connectivity index is 4.38. The summed E-state index contributed by atoms with van der Waals surface area (Å²) in [6.07, 6.45) is 2.24. The minimum atomic E-state index is -2.92. The first-order chi connectivity index (χ1) is 8.18. The first-order valence-corrected chi connectivity index (χ1v) is 8.87. The predicted molar refractivity (Wildman–Crippen MR) is 78.2 cm³/mol. The van der Waals surface area contributed by atoms with Crippen LogP contribution in [0.5, 0.6) is 0 Å². The molecule has 0 saturated heterocycles. The van der Waals surface area contributed by atoms with Gasteiger partial charge in [0, 0.05) is 6.16 Å². The van der Waals surface area contributed by atoms with E-state index in [1.165, 1.54) is 0 Å². The van der Waals surface area contributed by atoms with Crippen molar-refractivity contribution in [2.75, 3.05) is 6.16 Å². The van der Waals surface area contributed by atoms with Crippen molar-refractivity contribution in [1.29, 1.82) is 0 Å². The maximum absolute atomic E-state index is 12.5. The monoisotopic (exact) mass is 278 g/mol. The molecule has 0 aromatic rings. The smallest absolute Gasteiger partial charge is 0.306 e. The zero-order valence-electron chi connectivity index (χ0n) is 13.1. The fraction of sp³-hybridized carbons (Fsp3) is 1.00. The van der Waals surface area contributed by atoms with Gasteiger partial charge in [0.05, 0.1) is 12.2 Å². The summed E-state index contributed by atoms with van der Waals surface area (Å²) in [5, 5.41) is 0. The molecule has 0 spiro atoms. The van der Waals surface area contributed by atoms with E-state index in [0.717, 1.165) is 12.8 Å². The van der Waals surface area contributed by atoms with Gasteiger partial charge in [0.25, 0.3) is 0 Å². The highest BCUT2D eigenvalue weighted by Crippen LogP contribution is 2.51. The second-order valence-electron chi connectivity index (χ2n) is 6.02. The molecule has 0 heterocycles. The van der Waals surface area contributed by atoms with Crippen molar-refractivity contribution < 1.29 is 13.6 Å². The highest BCUT2D eigenvalue weighted by atomic mass is 31.2. The average molecular weight is 278 g/mol. The molecule has 0 N–H and O–H groups in total. The van der Waals surface area contributed by atoms with Crippen LogP contribution in [-0.2, 0) is 13.6 Å². The Morgan fingerprint density at radius 1 is 0.833 bits per heavy atom. The second-order valence-corrected chi connectivity index (χ2v) is 8.29. The third-order valence-corrected chi connectivity index (χ3v) is 4.81. The van der Waals surface area contributed by atoms with Crippen molar-refractivity contribution >= 4 is 7.60 Å². The lowest BCUT2D eigenvalue weighted by Crippen LogP contribution is -2.16. The number of rotatable bonds is 9. The lowest BCUT2D eigenvalue weighted by Gasteiger charge is -2.26. The molecule has 0 aromatic carbocycles. The molecule has 0 aromatic heterocycles. The topological polar surface area (TPSA) is 35.5 Å². The Morgan fingerprint density at radius 3 is 1.39 bits per heavy atom. The minimum absolute atomic E-state index is 0.0120. The fourth-order valence-corrected chi connectivity index (χ4v) is 3.75. The fourth-order valence-electron chi connectivity index (χ4n) is 2.14. The zero-order chi connectivity index (χ0) is 14.3. The van der Waals surface area contributed by atoms with Crippen LogP contribution in [0.2, 0.25) is 0 Å². The largest absolute Gasteiger partial charge is 0.330 e. The third-order valence-electron chi connectivity index (χ3n) is 2.68. The highest BCUT2D eigenvalue weighted by molar-refractivity contribution is 7.53. The van der Waals surface area contributed by atoms with E-state index in [1.54, 1.807) is 0 Å². The Labute approximate surface area is 113 Å². The maximum Gasteiger partial charge on any atom is 0.330 e. The number of hydrogen-bond donors (Lipinski definition) is 0.